The van der Waals surface area contributed by atoms with Crippen LogP contribution in [0.2, 0.25) is 10.0 Å². The number of hydrogen-bond acceptors (Lipinski definition) is 4. The van der Waals surface area contributed by atoms with Crippen LogP contribution in [0.25, 0.3) is 0 Å². The fourth-order valence-corrected chi connectivity index (χ4v) is 2.13. The van der Waals surface area contributed by atoms with Crippen LogP contribution in [0, 0.1) is 0 Å². The van der Waals surface area contributed by atoms with Crippen molar-refractivity contribution in [3.63, 3.8) is 0 Å². The fourth-order valence-electron chi connectivity index (χ4n) is 1.53. The molecular formula is C14H17Cl2NO4. The molecule has 0 aliphatic carbocycles. The first-order valence-corrected chi connectivity index (χ1v) is 7.23. The Morgan fingerprint density at radius 1 is 1.38 bits per heavy atom. The van der Waals surface area contributed by atoms with E-state index in [9.17, 15) is 4.79 Å². The van der Waals surface area contributed by atoms with E-state index >= 15 is 0 Å². The Kier molecular flexibility index (Phi) is 4.86. The highest BCUT2D eigenvalue weighted by Crippen LogP contribution is 2.36. The highest BCUT2D eigenvalue weighted by molar-refractivity contribution is 6.37. The minimum atomic E-state index is -0.578. The largest absolute Gasteiger partial charge is 0.488 e. The molecule has 0 aromatic heterocycles. The number of nitrogens with one attached hydrogen (secondary N) is 1. The van der Waals surface area contributed by atoms with Crippen LogP contribution in [0.15, 0.2) is 12.1 Å². The lowest BCUT2D eigenvalue weighted by molar-refractivity contribution is 0.0636. The molecule has 1 aromatic carbocycles. The quantitative estimate of drug-likeness (QED) is 0.842. The van der Waals surface area contributed by atoms with Gasteiger partial charge in [0.25, 0.3) is 0 Å². The minimum Gasteiger partial charge on any atom is -0.488 e. The molecule has 1 saturated heterocycles. The maximum atomic E-state index is 11.7. The average molecular weight is 334 g/mol. The fraction of sp³-hybridized carbons (Fsp3) is 0.500. The van der Waals surface area contributed by atoms with E-state index in [0.29, 0.717) is 34.7 Å². The third-order valence-corrected chi connectivity index (χ3v) is 3.02. The molecule has 1 aliphatic rings. The van der Waals surface area contributed by atoms with E-state index in [0.717, 1.165) is 0 Å². The Morgan fingerprint density at radius 2 is 1.95 bits per heavy atom. The van der Waals surface area contributed by atoms with Gasteiger partial charge in [-0.2, -0.15) is 0 Å². The van der Waals surface area contributed by atoms with E-state index in [1.807, 2.05) is 0 Å². The summed E-state index contributed by atoms with van der Waals surface area (Å²) >= 11 is 12.2. The SMILES string of the molecule is CC(C)(C)OC(=O)Nc1cc(Cl)c(OCC2CO2)c(Cl)c1. The van der Waals surface area contributed by atoms with Crippen LogP contribution in [-0.4, -0.2) is 31.0 Å². The van der Waals surface area contributed by atoms with Gasteiger partial charge in [0.1, 0.15) is 18.3 Å². The summed E-state index contributed by atoms with van der Waals surface area (Å²) in [6, 6.07) is 3.11. The molecule has 1 heterocycles. The molecular weight excluding hydrogens is 317 g/mol. The van der Waals surface area contributed by atoms with Gasteiger partial charge in [0.05, 0.1) is 16.7 Å². The summed E-state index contributed by atoms with van der Waals surface area (Å²) in [5.74, 6) is 0.378. The van der Waals surface area contributed by atoms with Gasteiger partial charge >= 0.3 is 6.09 Å². The topological polar surface area (TPSA) is 60.1 Å². The molecule has 2 rings (SSSR count). The zero-order chi connectivity index (χ0) is 15.6. The molecule has 1 aromatic rings. The van der Waals surface area contributed by atoms with E-state index in [2.05, 4.69) is 5.32 Å². The number of anilines is 1. The molecule has 1 aliphatic heterocycles. The second-order valence-electron chi connectivity index (χ2n) is 5.66. The predicted octanol–water partition coefficient (Wildman–Crippen LogP) is 4.12. The number of epoxide rings is 1. The normalized spacial score (nSPS) is 17.3. The lowest BCUT2D eigenvalue weighted by Crippen LogP contribution is -2.27. The monoisotopic (exact) mass is 333 g/mol. The number of amides is 1. The Bertz CT molecular complexity index is 515. The van der Waals surface area contributed by atoms with Crippen LogP contribution in [0.5, 0.6) is 5.75 Å². The first-order valence-electron chi connectivity index (χ1n) is 6.48. The summed E-state index contributed by atoms with van der Waals surface area (Å²) in [5, 5.41) is 3.20. The predicted molar refractivity (Wildman–Crippen MR) is 81.6 cm³/mol. The molecule has 1 N–H and O–H groups in total. The highest BCUT2D eigenvalue weighted by atomic mass is 35.5. The molecule has 21 heavy (non-hydrogen) atoms. The second kappa shape index (κ2) is 6.30. The lowest BCUT2D eigenvalue weighted by Gasteiger charge is -2.20. The van der Waals surface area contributed by atoms with Crippen molar-refractivity contribution in [3.8, 4) is 5.75 Å². The number of halogens is 2. The molecule has 5 nitrogen and oxygen atoms in total. The molecule has 1 amide bonds. The lowest BCUT2D eigenvalue weighted by atomic mass is 10.2. The van der Waals surface area contributed by atoms with Crippen LogP contribution >= 0.6 is 23.2 Å². The summed E-state index contributed by atoms with van der Waals surface area (Å²) in [6.07, 6.45) is -0.466. The number of carbonyl (C=O) groups excluding carboxylic acids is 1. The van der Waals surface area contributed by atoms with Gasteiger partial charge in [0.15, 0.2) is 5.75 Å². The second-order valence-corrected chi connectivity index (χ2v) is 6.48. The first kappa shape index (κ1) is 16.2. The molecule has 1 fully saturated rings. The molecule has 1 unspecified atom stereocenters. The summed E-state index contributed by atoms with van der Waals surface area (Å²) in [4.78, 5) is 11.7. The number of carbonyl (C=O) groups is 1. The Labute approximate surface area is 133 Å². The molecule has 0 spiro atoms. The highest BCUT2D eigenvalue weighted by Gasteiger charge is 2.24. The smallest absolute Gasteiger partial charge is 0.412 e. The summed E-state index contributed by atoms with van der Waals surface area (Å²) < 4.78 is 15.7. The van der Waals surface area contributed by atoms with E-state index in [-0.39, 0.29) is 6.10 Å². The van der Waals surface area contributed by atoms with Crippen molar-refractivity contribution in [1.82, 2.24) is 0 Å². The first-order chi connectivity index (χ1) is 9.74. The standard InChI is InChI=1S/C14H17Cl2NO4/c1-14(2,3)21-13(18)17-8-4-10(15)12(11(16)5-8)20-7-9-6-19-9/h4-5,9H,6-7H2,1-3H3,(H,17,18). The Hall–Kier alpha value is -1.17. The van der Waals surface area contributed by atoms with Gasteiger partial charge in [0, 0.05) is 5.69 Å². The van der Waals surface area contributed by atoms with Gasteiger partial charge in [-0.15, -0.1) is 0 Å². The van der Waals surface area contributed by atoms with Crippen molar-refractivity contribution in [2.45, 2.75) is 32.5 Å². The molecule has 0 saturated carbocycles. The van der Waals surface area contributed by atoms with Crippen molar-refractivity contribution in [3.05, 3.63) is 22.2 Å². The van der Waals surface area contributed by atoms with Gasteiger partial charge in [-0.1, -0.05) is 23.2 Å². The van der Waals surface area contributed by atoms with Gasteiger partial charge in [0.2, 0.25) is 0 Å². The molecule has 1 atom stereocenters. The zero-order valence-electron chi connectivity index (χ0n) is 12.0. The third-order valence-electron chi connectivity index (χ3n) is 2.46. The van der Waals surface area contributed by atoms with E-state index in [4.69, 9.17) is 37.4 Å². The molecule has 0 bridgehead atoms. The Morgan fingerprint density at radius 3 is 2.43 bits per heavy atom. The average Bonchev–Trinajstić information content (AvgIpc) is 3.08. The van der Waals surface area contributed by atoms with Crippen molar-refractivity contribution in [1.29, 1.82) is 0 Å². The van der Waals surface area contributed by atoms with Gasteiger partial charge in [-0.05, 0) is 32.9 Å². The molecule has 7 heteroatoms. The number of rotatable bonds is 4. The van der Waals surface area contributed by atoms with Crippen LogP contribution in [0.4, 0.5) is 10.5 Å². The molecule has 116 valence electrons. The molecule has 0 radical (unpaired) electrons. The van der Waals surface area contributed by atoms with Crippen LogP contribution < -0.4 is 10.1 Å². The summed E-state index contributed by atoms with van der Waals surface area (Å²) in [7, 11) is 0. The minimum absolute atomic E-state index is 0.108. The van der Waals surface area contributed by atoms with Gasteiger partial charge in [-0.25, -0.2) is 4.79 Å². The number of benzene rings is 1. The summed E-state index contributed by atoms with van der Waals surface area (Å²) in [5.41, 5.74) is -0.139. The Balaban J connectivity index is 2.02. The maximum absolute atomic E-state index is 11.7. The van der Waals surface area contributed by atoms with E-state index in [1.165, 1.54) is 0 Å². The van der Waals surface area contributed by atoms with Gasteiger partial charge < -0.3 is 14.2 Å². The van der Waals surface area contributed by atoms with Crippen molar-refractivity contribution in [2.24, 2.45) is 0 Å². The van der Waals surface area contributed by atoms with Crippen LogP contribution in [-0.2, 0) is 9.47 Å². The van der Waals surface area contributed by atoms with Crippen molar-refractivity contribution in [2.75, 3.05) is 18.5 Å². The van der Waals surface area contributed by atoms with Gasteiger partial charge in [-0.3, -0.25) is 5.32 Å². The number of hydrogen-bond donors (Lipinski definition) is 1. The van der Waals surface area contributed by atoms with Crippen LogP contribution in [0.1, 0.15) is 20.8 Å². The van der Waals surface area contributed by atoms with E-state index < -0.39 is 11.7 Å². The maximum Gasteiger partial charge on any atom is 0.412 e. The summed E-state index contributed by atoms with van der Waals surface area (Å²) in [6.45, 7) is 6.43. The third kappa shape index (κ3) is 5.26. The van der Waals surface area contributed by atoms with Crippen molar-refractivity contribution >= 4 is 35.0 Å². The van der Waals surface area contributed by atoms with Crippen molar-refractivity contribution < 1.29 is 19.0 Å². The van der Waals surface area contributed by atoms with Crippen LogP contribution in [0.3, 0.4) is 0 Å². The zero-order valence-corrected chi connectivity index (χ0v) is 13.5. The number of ether oxygens (including phenoxy) is 3. The van der Waals surface area contributed by atoms with E-state index in [1.54, 1.807) is 32.9 Å².